The SMILES string of the molecule is CC(C)(O)C(=O)c1ccno1. The Balaban J connectivity index is 2.88. The first-order chi connectivity index (χ1) is 5.02. The van der Waals surface area contributed by atoms with Crippen LogP contribution in [0.4, 0.5) is 0 Å². The number of rotatable bonds is 2. The second-order valence-electron chi connectivity index (χ2n) is 2.76. The quantitative estimate of drug-likeness (QED) is 0.636. The van der Waals surface area contributed by atoms with Crippen LogP contribution in [0.15, 0.2) is 16.8 Å². The van der Waals surface area contributed by atoms with Gasteiger partial charge in [0.15, 0.2) is 0 Å². The molecule has 4 nitrogen and oxygen atoms in total. The van der Waals surface area contributed by atoms with Crippen LogP contribution in [0.5, 0.6) is 0 Å². The molecule has 0 spiro atoms. The Labute approximate surface area is 63.8 Å². The van der Waals surface area contributed by atoms with Gasteiger partial charge < -0.3 is 9.63 Å². The first-order valence-corrected chi connectivity index (χ1v) is 3.19. The third kappa shape index (κ3) is 1.65. The Morgan fingerprint density at radius 1 is 1.73 bits per heavy atom. The molecule has 0 aliphatic carbocycles. The molecular formula is C7H9NO3. The lowest BCUT2D eigenvalue weighted by molar-refractivity contribution is 0.0451. The van der Waals surface area contributed by atoms with E-state index < -0.39 is 11.4 Å². The fourth-order valence-corrected chi connectivity index (χ4v) is 0.634. The highest BCUT2D eigenvalue weighted by Gasteiger charge is 2.27. The van der Waals surface area contributed by atoms with E-state index in [4.69, 9.17) is 0 Å². The first-order valence-electron chi connectivity index (χ1n) is 3.19. The number of carbonyl (C=O) groups is 1. The van der Waals surface area contributed by atoms with E-state index in [1.807, 2.05) is 0 Å². The van der Waals surface area contributed by atoms with Crippen LogP contribution in [0, 0.1) is 0 Å². The number of hydrogen-bond acceptors (Lipinski definition) is 4. The maximum atomic E-state index is 11.1. The van der Waals surface area contributed by atoms with Crippen molar-refractivity contribution in [2.24, 2.45) is 0 Å². The molecule has 0 unspecified atom stereocenters. The van der Waals surface area contributed by atoms with Crippen LogP contribution in [0.3, 0.4) is 0 Å². The lowest BCUT2D eigenvalue weighted by Gasteiger charge is -2.11. The van der Waals surface area contributed by atoms with Crippen molar-refractivity contribution in [1.29, 1.82) is 0 Å². The Bertz CT molecular complexity index is 245. The predicted octanol–water partition coefficient (Wildman–Crippen LogP) is 0.628. The van der Waals surface area contributed by atoms with Crippen LogP contribution in [0.25, 0.3) is 0 Å². The molecule has 0 saturated heterocycles. The van der Waals surface area contributed by atoms with Crippen LogP contribution in [-0.2, 0) is 0 Å². The fourth-order valence-electron chi connectivity index (χ4n) is 0.634. The molecule has 0 radical (unpaired) electrons. The highest BCUT2D eigenvalue weighted by molar-refractivity contribution is 5.99. The maximum absolute atomic E-state index is 11.1. The summed E-state index contributed by atoms with van der Waals surface area (Å²) in [5.74, 6) is -0.382. The minimum absolute atomic E-state index is 0.0810. The van der Waals surface area contributed by atoms with E-state index in [9.17, 15) is 9.90 Å². The van der Waals surface area contributed by atoms with Crippen molar-refractivity contribution in [3.63, 3.8) is 0 Å². The Hall–Kier alpha value is -1.16. The molecule has 0 aliphatic rings. The number of hydrogen-bond donors (Lipinski definition) is 1. The van der Waals surface area contributed by atoms with Gasteiger partial charge in [-0.1, -0.05) is 5.16 Å². The molecule has 4 heteroatoms. The number of Topliss-reactive ketones (excluding diaryl/α,β-unsaturated/α-hetero) is 1. The largest absolute Gasteiger partial charge is 0.382 e. The number of ketones is 1. The summed E-state index contributed by atoms with van der Waals surface area (Å²) in [6.07, 6.45) is 1.36. The topological polar surface area (TPSA) is 63.3 Å². The second kappa shape index (κ2) is 2.47. The standard InChI is InChI=1S/C7H9NO3/c1-7(2,10)6(9)5-3-4-8-11-5/h3-4,10H,1-2H3. The van der Waals surface area contributed by atoms with Crippen LogP contribution in [0.1, 0.15) is 24.4 Å². The second-order valence-corrected chi connectivity index (χ2v) is 2.76. The molecule has 1 aromatic heterocycles. The summed E-state index contributed by atoms with van der Waals surface area (Å²) in [6.45, 7) is 2.80. The van der Waals surface area contributed by atoms with Gasteiger partial charge in [-0.25, -0.2) is 0 Å². The van der Waals surface area contributed by atoms with Gasteiger partial charge in [-0.05, 0) is 13.8 Å². The molecule has 1 N–H and O–H groups in total. The lowest BCUT2D eigenvalue weighted by atomic mass is 10.0. The van der Waals surface area contributed by atoms with Crippen molar-refractivity contribution in [3.05, 3.63) is 18.0 Å². The van der Waals surface area contributed by atoms with Gasteiger partial charge in [-0.15, -0.1) is 0 Å². The van der Waals surface area contributed by atoms with Gasteiger partial charge in [0, 0.05) is 6.07 Å². The molecule has 0 atom stereocenters. The lowest BCUT2D eigenvalue weighted by Crippen LogP contribution is -2.30. The number of carbonyl (C=O) groups excluding carboxylic acids is 1. The molecule has 11 heavy (non-hydrogen) atoms. The average Bonchev–Trinajstić information content (AvgIpc) is 2.34. The molecule has 1 aromatic rings. The van der Waals surface area contributed by atoms with E-state index in [1.165, 1.54) is 26.1 Å². The van der Waals surface area contributed by atoms with Gasteiger partial charge in [-0.3, -0.25) is 4.79 Å². The maximum Gasteiger partial charge on any atom is 0.231 e. The molecule has 60 valence electrons. The van der Waals surface area contributed by atoms with Gasteiger partial charge in [0.1, 0.15) is 5.60 Å². The van der Waals surface area contributed by atoms with Crippen molar-refractivity contribution in [2.45, 2.75) is 19.4 Å². The number of aliphatic hydroxyl groups is 1. The Morgan fingerprint density at radius 3 is 2.73 bits per heavy atom. The highest BCUT2D eigenvalue weighted by Crippen LogP contribution is 2.10. The zero-order chi connectivity index (χ0) is 8.48. The summed E-state index contributed by atoms with van der Waals surface area (Å²) in [7, 11) is 0. The third-order valence-electron chi connectivity index (χ3n) is 1.22. The van der Waals surface area contributed by atoms with Crippen molar-refractivity contribution in [2.75, 3.05) is 0 Å². The monoisotopic (exact) mass is 155 g/mol. The number of aromatic nitrogens is 1. The van der Waals surface area contributed by atoms with Crippen molar-refractivity contribution in [1.82, 2.24) is 5.16 Å². The number of nitrogens with zero attached hydrogens (tertiary/aromatic N) is 1. The van der Waals surface area contributed by atoms with E-state index in [-0.39, 0.29) is 5.76 Å². The Morgan fingerprint density at radius 2 is 2.36 bits per heavy atom. The smallest absolute Gasteiger partial charge is 0.231 e. The molecule has 0 fully saturated rings. The molecular weight excluding hydrogens is 146 g/mol. The minimum Gasteiger partial charge on any atom is -0.382 e. The van der Waals surface area contributed by atoms with Crippen LogP contribution in [0.2, 0.25) is 0 Å². The highest BCUT2D eigenvalue weighted by atomic mass is 16.5. The van der Waals surface area contributed by atoms with Crippen molar-refractivity contribution in [3.8, 4) is 0 Å². The van der Waals surface area contributed by atoms with Crippen LogP contribution >= 0.6 is 0 Å². The zero-order valence-corrected chi connectivity index (χ0v) is 6.37. The molecule has 1 heterocycles. The van der Waals surface area contributed by atoms with E-state index >= 15 is 0 Å². The molecule has 0 saturated carbocycles. The van der Waals surface area contributed by atoms with Crippen molar-refractivity contribution >= 4 is 5.78 Å². The van der Waals surface area contributed by atoms with Crippen LogP contribution in [-0.4, -0.2) is 21.6 Å². The van der Waals surface area contributed by atoms with E-state index in [1.54, 1.807) is 0 Å². The summed E-state index contributed by atoms with van der Waals surface area (Å²) in [5.41, 5.74) is -1.39. The fraction of sp³-hybridized carbons (Fsp3) is 0.429. The summed E-state index contributed by atoms with van der Waals surface area (Å²) >= 11 is 0. The van der Waals surface area contributed by atoms with E-state index in [0.29, 0.717) is 0 Å². The van der Waals surface area contributed by atoms with Gasteiger partial charge >= 0.3 is 0 Å². The third-order valence-corrected chi connectivity index (χ3v) is 1.22. The van der Waals surface area contributed by atoms with Gasteiger partial charge in [0.25, 0.3) is 0 Å². The zero-order valence-electron chi connectivity index (χ0n) is 6.37. The van der Waals surface area contributed by atoms with Crippen molar-refractivity contribution < 1.29 is 14.4 Å². The van der Waals surface area contributed by atoms with Crippen LogP contribution < -0.4 is 0 Å². The molecule has 0 bridgehead atoms. The summed E-state index contributed by atoms with van der Waals surface area (Å²) in [5, 5.41) is 12.6. The average molecular weight is 155 g/mol. The molecule has 0 aromatic carbocycles. The first kappa shape index (κ1) is 7.94. The molecule has 0 amide bonds. The van der Waals surface area contributed by atoms with Gasteiger partial charge in [-0.2, -0.15) is 0 Å². The summed E-state index contributed by atoms with van der Waals surface area (Å²) in [4.78, 5) is 11.1. The predicted molar refractivity (Wildman–Crippen MR) is 37.1 cm³/mol. The Kier molecular flexibility index (Phi) is 1.78. The van der Waals surface area contributed by atoms with E-state index in [0.717, 1.165) is 0 Å². The normalized spacial score (nSPS) is 11.5. The van der Waals surface area contributed by atoms with Gasteiger partial charge in [0.05, 0.1) is 6.20 Å². The van der Waals surface area contributed by atoms with Gasteiger partial charge in [0.2, 0.25) is 11.5 Å². The van der Waals surface area contributed by atoms with E-state index in [2.05, 4.69) is 9.68 Å². The molecule has 1 rings (SSSR count). The summed E-state index contributed by atoms with van der Waals surface area (Å²) in [6, 6.07) is 1.42. The summed E-state index contributed by atoms with van der Waals surface area (Å²) < 4.78 is 4.56. The minimum atomic E-state index is -1.39. The molecule has 0 aliphatic heterocycles.